The Hall–Kier alpha value is -2.57. The highest BCUT2D eigenvalue weighted by Gasteiger charge is 1.97. The average molecular weight is 254 g/mol. The number of carbonyl (C=O) groups is 2. The molecule has 0 spiro atoms. The van der Waals surface area contributed by atoms with Gasteiger partial charge in [-0.15, -0.1) is 0 Å². The van der Waals surface area contributed by atoms with Crippen LogP contribution in [0, 0.1) is 0 Å². The fraction of sp³-hybridized carbons (Fsp3) is 0.182. The van der Waals surface area contributed by atoms with Crippen LogP contribution in [0.5, 0.6) is 0 Å². The van der Waals surface area contributed by atoms with Crippen molar-refractivity contribution in [1.82, 2.24) is 4.98 Å². The molecule has 0 aliphatic rings. The highest BCUT2D eigenvalue weighted by atomic mass is 16.4. The molecule has 0 fully saturated rings. The number of aliphatic carboxylic acids is 2. The maximum Gasteiger partial charge on any atom is 0.300 e. The van der Waals surface area contributed by atoms with E-state index < -0.39 is 11.9 Å². The molecule has 18 heavy (non-hydrogen) atoms. The van der Waals surface area contributed by atoms with E-state index in [1.807, 2.05) is 24.3 Å². The third kappa shape index (κ3) is 7.69. The number of aromatic nitrogens is 1. The third-order valence-corrected chi connectivity index (χ3v) is 1.31. The number of anilines is 1. The first kappa shape index (κ1) is 15.4. The van der Waals surface area contributed by atoms with Crippen LogP contribution in [0.4, 0.5) is 6.01 Å². The minimum atomic E-state index is -0.833. The van der Waals surface area contributed by atoms with Crippen LogP contribution in [-0.4, -0.2) is 27.1 Å². The topological polar surface area (TPSA) is 127 Å². The second-order valence-electron chi connectivity index (χ2n) is 3.06. The van der Waals surface area contributed by atoms with Crippen molar-refractivity contribution in [3.8, 4) is 0 Å². The highest BCUT2D eigenvalue weighted by Crippen LogP contribution is 2.14. The Morgan fingerprint density at radius 3 is 2.06 bits per heavy atom. The van der Waals surface area contributed by atoms with Crippen LogP contribution in [0.1, 0.15) is 13.8 Å². The monoisotopic (exact) mass is 254 g/mol. The Balaban J connectivity index is 0.000000307. The van der Waals surface area contributed by atoms with E-state index in [1.165, 1.54) is 0 Å². The number of nitrogen functional groups attached to an aromatic ring is 1. The van der Waals surface area contributed by atoms with Crippen LogP contribution in [0.15, 0.2) is 28.7 Å². The summed E-state index contributed by atoms with van der Waals surface area (Å²) in [6.07, 6.45) is 0. The number of carboxylic acid groups (broad SMARTS) is 2. The largest absolute Gasteiger partial charge is 0.481 e. The molecule has 7 heteroatoms. The number of hydrogen-bond donors (Lipinski definition) is 3. The summed E-state index contributed by atoms with van der Waals surface area (Å²) in [5, 5.41) is 14.8. The number of para-hydroxylation sites is 2. The van der Waals surface area contributed by atoms with Gasteiger partial charge in [-0.05, 0) is 12.1 Å². The molecule has 0 saturated heterocycles. The number of carboxylic acids is 2. The lowest BCUT2D eigenvalue weighted by Crippen LogP contribution is -1.80. The Morgan fingerprint density at radius 1 is 1.17 bits per heavy atom. The van der Waals surface area contributed by atoms with Crippen LogP contribution in [0.3, 0.4) is 0 Å². The van der Waals surface area contributed by atoms with E-state index in [1.54, 1.807) is 0 Å². The molecule has 0 aliphatic carbocycles. The SMILES string of the molecule is CC(=O)O.CC(=O)O.Nc1nc2ccccc2o1. The van der Waals surface area contributed by atoms with Crippen molar-refractivity contribution >= 4 is 29.1 Å². The van der Waals surface area contributed by atoms with Gasteiger partial charge in [-0.1, -0.05) is 12.1 Å². The zero-order valence-electron chi connectivity index (χ0n) is 9.95. The molecule has 1 aromatic heterocycles. The Labute approximate surface area is 103 Å². The summed E-state index contributed by atoms with van der Waals surface area (Å²) in [6, 6.07) is 7.69. The van der Waals surface area contributed by atoms with Gasteiger partial charge in [0, 0.05) is 13.8 Å². The van der Waals surface area contributed by atoms with Gasteiger partial charge in [-0.25, -0.2) is 0 Å². The molecule has 0 amide bonds. The van der Waals surface area contributed by atoms with E-state index >= 15 is 0 Å². The van der Waals surface area contributed by atoms with E-state index in [9.17, 15) is 0 Å². The first-order valence-corrected chi connectivity index (χ1v) is 4.83. The minimum Gasteiger partial charge on any atom is -0.481 e. The predicted molar refractivity (Wildman–Crippen MR) is 65.0 cm³/mol. The Morgan fingerprint density at radius 2 is 1.61 bits per heavy atom. The van der Waals surface area contributed by atoms with Gasteiger partial charge in [-0.2, -0.15) is 4.98 Å². The summed E-state index contributed by atoms with van der Waals surface area (Å²) in [7, 11) is 0. The summed E-state index contributed by atoms with van der Waals surface area (Å²) in [5.41, 5.74) is 6.85. The van der Waals surface area contributed by atoms with E-state index in [4.69, 9.17) is 30.0 Å². The fourth-order valence-corrected chi connectivity index (χ4v) is 0.890. The summed E-state index contributed by atoms with van der Waals surface area (Å²) in [5.74, 6) is -1.67. The van der Waals surface area contributed by atoms with Crippen molar-refractivity contribution < 1.29 is 24.2 Å². The van der Waals surface area contributed by atoms with Crippen LogP contribution in [0.2, 0.25) is 0 Å². The number of benzene rings is 1. The Kier molecular flexibility index (Phi) is 6.57. The fourth-order valence-electron chi connectivity index (χ4n) is 0.890. The van der Waals surface area contributed by atoms with Crippen molar-refractivity contribution in [2.24, 2.45) is 0 Å². The van der Waals surface area contributed by atoms with E-state index in [0.29, 0.717) is 0 Å². The molecule has 0 unspecified atom stereocenters. The normalized spacial score (nSPS) is 8.56. The number of rotatable bonds is 0. The maximum atomic E-state index is 9.00. The van der Waals surface area contributed by atoms with Gasteiger partial charge < -0.3 is 20.4 Å². The van der Waals surface area contributed by atoms with Gasteiger partial charge in [0.25, 0.3) is 18.0 Å². The standard InChI is InChI=1S/C7H6N2O.2C2H4O2/c8-7-9-5-3-1-2-4-6(5)10-7;2*1-2(3)4/h1-4H,(H2,8,9);2*1H3,(H,3,4). The number of oxazole rings is 1. The molecule has 0 aliphatic heterocycles. The lowest BCUT2D eigenvalue weighted by Gasteiger charge is -1.79. The van der Waals surface area contributed by atoms with Gasteiger partial charge in [0.2, 0.25) is 0 Å². The molecule has 4 N–H and O–H groups in total. The zero-order chi connectivity index (χ0) is 14.1. The first-order valence-electron chi connectivity index (χ1n) is 4.83. The number of nitrogens with two attached hydrogens (primary N) is 1. The average Bonchev–Trinajstić information content (AvgIpc) is 2.55. The first-order chi connectivity index (χ1) is 8.32. The van der Waals surface area contributed by atoms with Crippen molar-refractivity contribution in [1.29, 1.82) is 0 Å². The summed E-state index contributed by atoms with van der Waals surface area (Å²) >= 11 is 0. The second kappa shape index (κ2) is 7.66. The van der Waals surface area contributed by atoms with Crippen LogP contribution < -0.4 is 5.73 Å². The van der Waals surface area contributed by atoms with E-state index in [2.05, 4.69) is 4.98 Å². The number of hydrogen-bond acceptors (Lipinski definition) is 5. The molecule has 1 heterocycles. The lowest BCUT2D eigenvalue weighted by atomic mass is 10.3. The molecule has 1 aromatic carbocycles. The van der Waals surface area contributed by atoms with E-state index in [-0.39, 0.29) is 6.01 Å². The van der Waals surface area contributed by atoms with Crippen molar-refractivity contribution in [2.75, 3.05) is 5.73 Å². The quantitative estimate of drug-likeness (QED) is 0.651. The minimum absolute atomic E-state index is 0.223. The molecule has 98 valence electrons. The lowest BCUT2D eigenvalue weighted by molar-refractivity contribution is -0.135. The van der Waals surface area contributed by atoms with Crippen LogP contribution in [-0.2, 0) is 9.59 Å². The molecular formula is C11H14N2O5. The number of fused-ring (bicyclic) bond motifs is 1. The predicted octanol–water partition coefficient (Wildman–Crippen LogP) is 1.59. The smallest absolute Gasteiger partial charge is 0.300 e. The molecule has 0 bridgehead atoms. The molecular weight excluding hydrogens is 240 g/mol. The summed E-state index contributed by atoms with van der Waals surface area (Å²) in [6.45, 7) is 2.17. The van der Waals surface area contributed by atoms with Crippen molar-refractivity contribution in [3.63, 3.8) is 0 Å². The molecule has 0 saturated carbocycles. The molecule has 0 radical (unpaired) electrons. The summed E-state index contributed by atoms with van der Waals surface area (Å²) < 4.78 is 5.03. The van der Waals surface area contributed by atoms with E-state index in [0.717, 1.165) is 24.9 Å². The third-order valence-electron chi connectivity index (χ3n) is 1.31. The van der Waals surface area contributed by atoms with Crippen molar-refractivity contribution in [3.05, 3.63) is 24.3 Å². The van der Waals surface area contributed by atoms with Crippen molar-refractivity contribution in [2.45, 2.75) is 13.8 Å². The van der Waals surface area contributed by atoms with Gasteiger partial charge >= 0.3 is 0 Å². The van der Waals surface area contributed by atoms with Crippen LogP contribution >= 0.6 is 0 Å². The molecule has 0 atom stereocenters. The molecule has 2 aromatic rings. The molecule has 2 rings (SSSR count). The Bertz CT molecular complexity index is 468. The summed E-state index contributed by atoms with van der Waals surface area (Å²) in [4.78, 5) is 21.9. The van der Waals surface area contributed by atoms with Gasteiger partial charge in [-0.3, -0.25) is 9.59 Å². The van der Waals surface area contributed by atoms with Crippen LogP contribution in [0.25, 0.3) is 11.1 Å². The second-order valence-corrected chi connectivity index (χ2v) is 3.06. The van der Waals surface area contributed by atoms with Gasteiger partial charge in [0.15, 0.2) is 5.58 Å². The number of nitrogens with zero attached hydrogens (tertiary/aromatic N) is 1. The maximum absolute atomic E-state index is 9.00. The molecule has 7 nitrogen and oxygen atoms in total. The van der Waals surface area contributed by atoms with Gasteiger partial charge in [0.05, 0.1) is 0 Å². The zero-order valence-corrected chi connectivity index (χ0v) is 9.95. The van der Waals surface area contributed by atoms with Gasteiger partial charge in [0.1, 0.15) is 5.52 Å². The highest BCUT2D eigenvalue weighted by molar-refractivity contribution is 5.73.